The first-order valence-electron chi connectivity index (χ1n) is 8.19. The van der Waals surface area contributed by atoms with Crippen LogP contribution in [0.2, 0.25) is 0 Å². The van der Waals surface area contributed by atoms with Crippen molar-refractivity contribution in [3.63, 3.8) is 0 Å². The Hall–Kier alpha value is -3.88. The third-order valence-corrected chi connectivity index (χ3v) is 4.20. The maximum atomic E-state index is 12.5. The second-order valence-corrected chi connectivity index (χ2v) is 6.10. The van der Waals surface area contributed by atoms with Crippen LogP contribution in [0.25, 0.3) is 0 Å². The normalized spacial score (nSPS) is 16.3. The third-order valence-electron chi connectivity index (χ3n) is 4.20. The van der Waals surface area contributed by atoms with E-state index in [9.17, 15) is 15.0 Å². The van der Waals surface area contributed by atoms with Gasteiger partial charge in [-0.05, 0) is 42.0 Å². The minimum absolute atomic E-state index is 0.0740. The smallest absolute Gasteiger partial charge is 0.251 e. The minimum atomic E-state index is -0.351. The molecule has 2 aromatic carbocycles. The molecule has 9 nitrogen and oxygen atoms in total. The van der Waals surface area contributed by atoms with Gasteiger partial charge in [0.25, 0.3) is 5.91 Å². The number of nitrogen functional groups attached to an aromatic ring is 1. The number of carbonyl (C=O) groups excluding carboxylic acids is 1. The van der Waals surface area contributed by atoms with Crippen molar-refractivity contribution in [3.05, 3.63) is 54.1 Å². The number of hydrogen-bond acceptors (Lipinski definition) is 8. The van der Waals surface area contributed by atoms with E-state index >= 15 is 0 Å². The van der Waals surface area contributed by atoms with Gasteiger partial charge < -0.3 is 21.3 Å². The highest BCUT2D eigenvalue weighted by Gasteiger charge is 2.30. The molecule has 0 saturated heterocycles. The number of nitrogens with zero attached hydrogens (tertiary/aromatic N) is 4. The number of nitrogens with one attached hydrogen (secondary N) is 1. The summed E-state index contributed by atoms with van der Waals surface area (Å²) in [5, 5.41) is 34.5. The number of nitrogens with two attached hydrogens (primary N) is 1. The van der Waals surface area contributed by atoms with Crippen molar-refractivity contribution in [1.82, 2.24) is 9.78 Å². The number of phenols is 2. The van der Waals surface area contributed by atoms with Gasteiger partial charge in [-0.1, -0.05) is 12.1 Å². The second-order valence-electron chi connectivity index (χ2n) is 6.10. The fourth-order valence-electron chi connectivity index (χ4n) is 2.88. The van der Waals surface area contributed by atoms with Gasteiger partial charge in [0.15, 0.2) is 17.3 Å². The van der Waals surface area contributed by atoms with E-state index in [1.807, 2.05) is 6.07 Å². The highest BCUT2D eigenvalue weighted by atomic mass is 16.3. The van der Waals surface area contributed by atoms with E-state index < -0.39 is 0 Å². The van der Waals surface area contributed by atoms with Crippen LogP contribution in [0.1, 0.15) is 22.8 Å². The zero-order valence-electron chi connectivity index (χ0n) is 14.1. The Kier molecular flexibility index (Phi) is 3.96. The number of fused-ring (bicyclic) bond motifs is 1. The molecule has 27 heavy (non-hydrogen) atoms. The maximum Gasteiger partial charge on any atom is 0.251 e. The summed E-state index contributed by atoms with van der Waals surface area (Å²) in [6, 6.07) is 12.5. The minimum Gasteiger partial charge on any atom is -0.508 e. The van der Waals surface area contributed by atoms with Gasteiger partial charge in [-0.3, -0.25) is 4.79 Å². The molecule has 136 valence electrons. The predicted molar refractivity (Wildman–Crippen MR) is 98.6 cm³/mol. The summed E-state index contributed by atoms with van der Waals surface area (Å²) < 4.78 is 1.18. The molecule has 0 amide bonds. The van der Waals surface area contributed by atoms with Crippen molar-refractivity contribution < 1.29 is 15.0 Å². The topological polar surface area (TPSA) is 138 Å². The first-order chi connectivity index (χ1) is 13.0. The van der Waals surface area contributed by atoms with Crippen LogP contribution in [0.3, 0.4) is 0 Å². The highest BCUT2D eigenvalue weighted by molar-refractivity contribution is 5.90. The molecule has 0 fully saturated rings. The molecule has 1 unspecified atom stereocenters. The summed E-state index contributed by atoms with van der Waals surface area (Å²) >= 11 is 0. The number of benzene rings is 2. The molecule has 1 aliphatic rings. The molecule has 0 bridgehead atoms. The maximum absolute atomic E-state index is 12.5. The molecule has 5 N–H and O–H groups in total. The highest BCUT2D eigenvalue weighted by Crippen LogP contribution is 2.39. The molecule has 0 radical (unpaired) electrons. The van der Waals surface area contributed by atoms with Gasteiger partial charge in [0.05, 0.1) is 18.2 Å². The van der Waals surface area contributed by atoms with Crippen molar-refractivity contribution in [3.8, 4) is 11.5 Å². The number of aromatic hydroxyl groups is 2. The van der Waals surface area contributed by atoms with Gasteiger partial charge in [-0.25, -0.2) is 0 Å². The molecule has 0 aliphatic carbocycles. The second kappa shape index (κ2) is 6.45. The lowest BCUT2D eigenvalue weighted by atomic mass is 10.0. The number of hydrogen-bond donors (Lipinski definition) is 4. The molecule has 9 heteroatoms. The van der Waals surface area contributed by atoms with E-state index in [1.54, 1.807) is 30.3 Å². The van der Waals surface area contributed by atoms with Gasteiger partial charge in [-0.2, -0.15) is 9.80 Å². The number of rotatable bonds is 3. The molecule has 3 aromatic rings. The SMILES string of the molecule is Nc1nn2c(c1N=Nc1ccc(O)cc1)NC(c1cccc(O)c1)CC2=O. The average molecular weight is 364 g/mol. The number of anilines is 2. The monoisotopic (exact) mass is 364 g/mol. The Morgan fingerprint density at radius 3 is 2.63 bits per heavy atom. The summed E-state index contributed by atoms with van der Waals surface area (Å²) in [7, 11) is 0. The molecule has 0 saturated carbocycles. The lowest BCUT2D eigenvalue weighted by Crippen LogP contribution is -2.28. The van der Waals surface area contributed by atoms with Gasteiger partial charge >= 0.3 is 0 Å². The summed E-state index contributed by atoms with van der Waals surface area (Å²) in [6.45, 7) is 0. The summed E-state index contributed by atoms with van der Waals surface area (Å²) in [4.78, 5) is 12.5. The van der Waals surface area contributed by atoms with Crippen LogP contribution in [0.4, 0.5) is 23.0 Å². The van der Waals surface area contributed by atoms with Crippen molar-refractivity contribution in [2.24, 2.45) is 10.2 Å². The molecular weight excluding hydrogens is 348 g/mol. The fraction of sp³-hybridized carbons (Fsp3) is 0.111. The van der Waals surface area contributed by atoms with E-state index in [0.29, 0.717) is 11.5 Å². The number of carbonyl (C=O) groups is 1. The van der Waals surface area contributed by atoms with Crippen LogP contribution in [0.5, 0.6) is 11.5 Å². The Morgan fingerprint density at radius 1 is 1.11 bits per heavy atom. The van der Waals surface area contributed by atoms with Crippen LogP contribution in [-0.2, 0) is 0 Å². The Morgan fingerprint density at radius 2 is 1.89 bits per heavy atom. The Balaban J connectivity index is 1.68. The van der Waals surface area contributed by atoms with Crippen molar-refractivity contribution in [2.45, 2.75) is 12.5 Å². The van der Waals surface area contributed by atoms with E-state index in [1.165, 1.54) is 16.8 Å². The van der Waals surface area contributed by atoms with Gasteiger partial charge in [0, 0.05) is 0 Å². The molecule has 2 heterocycles. The molecule has 4 rings (SSSR count). The average Bonchev–Trinajstić information content (AvgIpc) is 2.97. The number of phenolic OH excluding ortho intramolecular Hbond substituents is 2. The standard InChI is InChI=1S/C18H16N6O3/c19-17-16(22-21-11-4-6-12(25)7-5-11)18-20-14(9-15(27)24(18)23-17)10-2-1-3-13(26)8-10/h1-8,14,20,25-26H,9H2,(H2,19,23). The largest absolute Gasteiger partial charge is 0.508 e. The lowest BCUT2D eigenvalue weighted by molar-refractivity contribution is 0.0873. The van der Waals surface area contributed by atoms with E-state index in [4.69, 9.17) is 5.73 Å². The van der Waals surface area contributed by atoms with Gasteiger partial charge in [-0.15, -0.1) is 10.2 Å². The first kappa shape index (κ1) is 16.6. The number of azo groups is 1. The molecular formula is C18H16N6O3. The van der Waals surface area contributed by atoms with Crippen molar-refractivity contribution in [2.75, 3.05) is 11.1 Å². The summed E-state index contributed by atoms with van der Waals surface area (Å²) in [6.07, 6.45) is 0.159. The Bertz CT molecular complexity index is 1040. The molecule has 1 atom stereocenters. The zero-order chi connectivity index (χ0) is 19.0. The zero-order valence-corrected chi connectivity index (χ0v) is 14.1. The van der Waals surface area contributed by atoms with Crippen LogP contribution in [0.15, 0.2) is 58.8 Å². The van der Waals surface area contributed by atoms with Crippen LogP contribution >= 0.6 is 0 Å². The summed E-state index contributed by atoms with van der Waals surface area (Å²) in [5.41, 5.74) is 7.45. The van der Waals surface area contributed by atoms with E-state index in [-0.39, 0.29) is 41.4 Å². The van der Waals surface area contributed by atoms with E-state index in [0.717, 1.165) is 5.56 Å². The molecule has 0 spiro atoms. The van der Waals surface area contributed by atoms with Crippen LogP contribution < -0.4 is 11.1 Å². The van der Waals surface area contributed by atoms with Crippen LogP contribution in [0, 0.1) is 0 Å². The Labute approximate surface area is 153 Å². The van der Waals surface area contributed by atoms with Crippen molar-refractivity contribution >= 4 is 28.9 Å². The van der Waals surface area contributed by atoms with Crippen molar-refractivity contribution in [1.29, 1.82) is 0 Å². The molecule has 1 aliphatic heterocycles. The summed E-state index contributed by atoms with van der Waals surface area (Å²) in [5.74, 6) is 0.421. The van der Waals surface area contributed by atoms with Gasteiger partial charge in [0.1, 0.15) is 11.5 Å². The third kappa shape index (κ3) is 3.17. The van der Waals surface area contributed by atoms with Crippen LogP contribution in [-0.4, -0.2) is 25.9 Å². The van der Waals surface area contributed by atoms with Gasteiger partial charge in [0.2, 0.25) is 0 Å². The fourth-order valence-corrected chi connectivity index (χ4v) is 2.88. The van der Waals surface area contributed by atoms with E-state index in [2.05, 4.69) is 20.6 Å². The predicted octanol–water partition coefficient (Wildman–Crippen LogP) is 3.49. The molecule has 1 aromatic heterocycles. The number of aromatic nitrogens is 2. The lowest BCUT2D eigenvalue weighted by Gasteiger charge is -2.25. The quantitative estimate of drug-likeness (QED) is 0.525. The first-order valence-corrected chi connectivity index (χ1v) is 8.19.